The summed E-state index contributed by atoms with van der Waals surface area (Å²) in [5.74, 6) is 0.592. The first-order chi connectivity index (χ1) is 8.68. The number of nitro groups is 1. The van der Waals surface area contributed by atoms with Crippen LogP contribution in [-0.4, -0.2) is 14.9 Å². The molecular formula is C11H8ClN3O2S. The molecule has 0 saturated heterocycles. The zero-order chi connectivity index (χ0) is 13.0. The number of halogens is 1. The van der Waals surface area contributed by atoms with Gasteiger partial charge in [-0.15, -0.1) is 0 Å². The van der Waals surface area contributed by atoms with Gasteiger partial charge < -0.3 is 0 Å². The lowest BCUT2D eigenvalue weighted by atomic mass is 10.2. The van der Waals surface area contributed by atoms with Crippen LogP contribution in [0, 0.1) is 10.1 Å². The molecule has 2 rings (SSSR count). The molecule has 92 valence electrons. The number of benzene rings is 1. The van der Waals surface area contributed by atoms with E-state index >= 15 is 0 Å². The third kappa shape index (κ3) is 2.96. The monoisotopic (exact) mass is 281 g/mol. The Balaban J connectivity index is 2.20. The number of hydrogen-bond acceptors (Lipinski definition) is 5. The molecular weight excluding hydrogens is 274 g/mol. The van der Waals surface area contributed by atoms with Crippen molar-refractivity contribution in [1.82, 2.24) is 9.97 Å². The predicted molar refractivity (Wildman–Crippen MR) is 69.7 cm³/mol. The van der Waals surface area contributed by atoms with Crippen LogP contribution in [0.1, 0.15) is 5.56 Å². The lowest BCUT2D eigenvalue weighted by molar-refractivity contribution is -0.388. The van der Waals surface area contributed by atoms with E-state index in [2.05, 4.69) is 9.97 Å². The zero-order valence-electron chi connectivity index (χ0n) is 9.12. The predicted octanol–water partition coefficient (Wildman–Crippen LogP) is 3.33. The Labute approximate surface area is 112 Å². The molecule has 0 amide bonds. The molecule has 18 heavy (non-hydrogen) atoms. The maximum Gasteiger partial charge on any atom is 0.338 e. The molecule has 1 aromatic carbocycles. The summed E-state index contributed by atoms with van der Waals surface area (Å²) >= 11 is 6.97. The van der Waals surface area contributed by atoms with Gasteiger partial charge in [-0.25, -0.2) is 9.97 Å². The van der Waals surface area contributed by atoms with Gasteiger partial charge in [0.25, 0.3) is 0 Å². The molecule has 0 radical (unpaired) electrons. The summed E-state index contributed by atoms with van der Waals surface area (Å²) in [4.78, 5) is 17.8. The fraction of sp³-hybridized carbons (Fsp3) is 0.0909. The second kappa shape index (κ2) is 5.79. The van der Waals surface area contributed by atoms with Gasteiger partial charge in [-0.3, -0.25) is 10.1 Å². The Morgan fingerprint density at radius 1 is 1.28 bits per heavy atom. The van der Waals surface area contributed by atoms with Gasteiger partial charge in [-0.2, -0.15) is 0 Å². The van der Waals surface area contributed by atoms with E-state index in [9.17, 15) is 10.1 Å². The fourth-order valence-corrected chi connectivity index (χ4v) is 2.51. The van der Waals surface area contributed by atoms with Crippen molar-refractivity contribution in [2.45, 2.75) is 10.8 Å². The third-order valence-electron chi connectivity index (χ3n) is 2.15. The van der Waals surface area contributed by atoms with Crippen LogP contribution in [0.5, 0.6) is 0 Å². The van der Waals surface area contributed by atoms with E-state index < -0.39 is 4.92 Å². The molecule has 0 spiro atoms. The Morgan fingerprint density at radius 2 is 2.00 bits per heavy atom. The smallest absolute Gasteiger partial charge is 0.258 e. The Bertz CT molecular complexity index is 565. The molecule has 0 saturated carbocycles. The van der Waals surface area contributed by atoms with Crippen molar-refractivity contribution in [3.63, 3.8) is 0 Å². The summed E-state index contributed by atoms with van der Waals surface area (Å²) in [6.45, 7) is 0. The molecule has 2 aromatic rings. The average molecular weight is 282 g/mol. The van der Waals surface area contributed by atoms with Gasteiger partial charge in [-0.05, 0) is 5.56 Å². The molecule has 5 nitrogen and oxygen atoms in total. The average Bonchev–Trinajstić information content (AvgIpc) is 2.37. The van der Waals surface area contributed by atoms with E-state index in [-0.39, 0.29) is 15.9 Å². The molecule has 0 aliphatic carbocycles. The number of hydrogen-bond donors (Lipinski definition) is 0. The number of rotatable bonds is 4. The summed E-state index contributed by atoms with van der Waals surface area (Å²) < 4.78 is 0. The molecule has 0 bridgehead atoms. The summed E-state index contributed by atoms with van der Waals surface area (Å²) in [6, 6.07) is 9.63. The third-order valence-corrected chi connectivity index (χ3v) is 3.47. The van der Waals surface area contributed by atoms with E-state index in [1.807, 2.05) is 30.3 Å². The summed E-state index contributed by atoms with van der Waals surface area (Å²) in [5.41, 5.74) is 0.826. The molecule has 0 fully saturated rings. The Kier molecular flexibility index (Phi) is 4.11. The van der Waals surface area contributed by atoms with Crippen LogP contribution in [0.4, 0.5) is 5.69 Å². The number of aromatic nitrogens is 2. The highest BCUT2D eigenvalue weighted by Crippen LogP contribution is 2.33. The number of thioether (sulfide) groups is 1. The van der Waals surface area contributed by atoms with Crippen molar-refractivity contribution in [1.29, 1.82) is 0 Å². The molecule has 1 heterocycles. The molecule has 1 aromatic heterocycles. The first-order valence-electron chi connectivity index (χ1n) is 5.00. The minimum absolute atomic E-state index is 0.134. The quantitative estimate of drug-likeness (QED) is 0.372. The van der Waals surface area contributed by atoms with Gasteiger partial charge >= 0.3 is 5.69 Å². The second-order valence-electron chi connectivity index (χ2n) is 3.35. The first kappa shape index (κ1) is 12.8. The van der Waals surface area contributed by atoms with E-state index in [0.717, 1.165) is 5.56 Å². The second-order valence-corrected chi connectivity index (χ2v) is 4.67. The van der Waals surface area contributed by atoms with Gasteiger partial charge in [-0.1, -0.05) is 53.7 Å². The minimum Gasteiger partial charge on any atom is -0.258 e. The van der Waals surface area contributed by atoms with Crippen LogP contribution in [0.25, 0.3) is 0 Å². The Morgan fingerprint density at radius 3 is 2.67 bits per heavy atom. The molecule has 0 aliphatic heterocycles. The SMILES string of the molecule is O=[N+]([O-])c1c(Cl)ncnc1SCc1ccccc1. The molecule has 0 atom stereocenters. The van der Waals surface area contributed by atoms with Crippen LogP contribution in [-0.2, 0) is 5.75 Å². The highest BCUT2D eigenvalue weighted by Gasteiger charge is 2.21. The van der Waals surface area contributed by atoms with Crippen LogP contribution in [0.2, 0.25) is 5.15 Å². The minimum atomic E-state index is -0.560. The van der Waals surface area contributed by atoms with Crippen molar-refractivity contribution < 1.29 is 4.92 Å². The summed E-state index contributed by atoms with van der Waals surface area (Å²) in [7, 11) is 0. The lowest BCUT2D eigenvalue weighted by Gasteiger charge is -2.02. The van der Waals surface area contributed by atoms with Crippen molar-refractivity contribution in [3.05, 3.63) is 57.5 Å². The maximum absolute atomic E-state index is 10.9. The van der Waals surface area contributed by atoms with Gasteiger partial charge in [0.1, 0.15) is 6.33 Å². The van der Waals surface area contributed by atoms with E-state index in [1.165, 1.54) is 18.1 Å². The molecule has 0 aliphatic rings. The van der Waals surface area contributed by atoms with Crippen molar-refractivity contribution >= 4 is 29.1 Å². The van der Waals surface area contributed by atoms with Crippen molar-refractivity contribution in [3.8, 4) is 0 Å². The van der Waals surface area contributed by atoms with Crippen molar-refractivity contribution in [2.75, 3.05) is 0 Å². The van der Waals surface area contributed by atoms with Crippen molar-refractivity contribution in [2.24, 2.45) is 0 Å². The standard InChI is InChI=1S/C11H8ClN3O2S/c12-10-9(15(16)17)11(14-7-13-10)18-6-8-4-2-1-3-5-8/h1-5,7H,6H2. The zero-order valence-corrected chi connectivity index (χ0v) is 10.7. The topological polar surface area (TPSA) is 68.9 Å². The van der Waals surface area contributed by atoms with Crippen LogP contribution < -0.4 is 0 Å². The normalized spacial score (nSPS) is 10.3. The van der Waals surface area contributed by atoms with Gasteiger partial charge in [0.2, 0.25) is 5.15 Å². The van der Waals surface area contributed by atoms with E-state index in [1.54, 1.807) is 0 Å². The van der Waals surface area contributed by atoms with Crippen LogP contribution >= 0.6 is 23.4 Å². The number of nitrogens with zero attached hydrogens (tertiary/aromatic N) is 3. The largest absolute Gasteiger partial charge is 0.338 e. The van der Waals surface area contributed by atoms with Gasteiger partial charge in [0.05, 0.1) is 4.92 Å². The molecule has 0 N–H and O–H groups in total. The summed E-state index contributed by atoms with van der Waals surface area (Å²) in [5, 5.41) is 11.0. The van der Waals surface area contributed by atoms with Crippen LogP contribution in [0.3, 0.4) is 0 Å². The fourth-order valence-electron chi connectivity index (χ4n) is 1.33. The van der Waals surface area contributed by atoms with Crippen LogP contribution in [0.15, 0.2) is 41.7 Å². The lowest BCUT2D eigenvalue weighted by Crippen LogP contribution is -1.96. The summed E-state index contributed by atoms with van der Waals surface area (Å²) in [6.07, 6.45) is 1.22. The highest BCUT2D eigenvalue weighted by molar-refractivity contribution is 7.98. The Hall–Kier alpha value is -1.66. The first-order valence-corrected chi connectivity index (χ1v) is 6.36. The van der Waals surface area contributed by atoms with E-state index in [4.69, 9.17) is 11.6 Å². The van der Waals surface area contributed by atoms with Gasteiger partial charge in [0, 0.05) is 5.75 Å². The molecule has 0 unspecified atom stereocenters. The maximum atomic E-state index is 10.9. The van der Waals surface area contributed by atoms with Gasteiger partial charge in [0.15, 0.2) is 5.03 Å². The highest BCUT2D eigenvalue weighted by atomic mass is 35.5. The molecule has 7 heteroatoms. The van der Waals surface area contributed by atoms with E-state index in [0.29, 0.717) is 5.75 Å².